The first-order valence-corrected chi connectivity index (χ1v) is 12.5. The molecule has 0 heterocycles. The smallest absolute Gasteiger partial charge is 0.251 e. The Morgan fingerprint density at radius 3 is 2.12 bits per heavy atom. The molecule has 0 aromatic heterocycles. The summed E-state index contributed by atoms with van der Waals surface area (Å²) in [6.45, 7) is 4.05. The van der Waals surface area contributed by atoms with Gasteiger partial charge in [0.05, 0.1) is 18.5 Å². The maximum Gasteiger partial charge on any atom is 0.251 e. The monoisotopic (exact) mass is 470 g/mol. The Kier molecular flexibility index (Phi) is 7.26. The highest BCUT2D eigenvalue weighted by atomic mass is 35.5. The summed E-state index contributed by atoms with van der Waals surface area (Å²) in [6, 6.07) is 23.6. The number of halogens is 1. The predicted molar refractivity (Wildman–Crippen MR) is 131 cm³/mol. The van der Waals surface area contributed by atoms with E-state index in [4.69, 9.17) is 11.6 Å². The zero-order valence-corrected chi connectivity index (χ0v) is 20.0. The average Bonchev–Trinajstić information content (AvgIpc) is 2.72. The Labute approximate surface area is 195 Å². The molecule has 0 fully saturated rings. The summed E-state index contributed by atoms with van der Waals surface area (Å²) in [6.07, 6.45) is 1.84. The largest absolute Gasteiger partial charge is 0.347 e. The van der Waals surface area contributed by atoms with Crippen molar-refractivity contribution in [3.8, 4) is 0 Å². The van der Waals surface area contributed by atoms with E-state index in [9.17, 15) is 13.2 Å². The fourth-order valence-electron chi connectivity index (χ4n) is 3.49. The molecule has 1 amide bonds. The number of hydrogen-bond donors (Lipinski definition) is 1. The van der Waals surface area contributed by atoms with Crippen molar-refractivity contribution in [2.24, 2.45) is 0 Å². The molecule has 3 aromatic rings. The molecule has 32 heavy (non-hydrogen) atoms. The van der Waals surface area contributed by atoms with Crippen LogP contribution in [0.1, 0.15) is 35.3 Å². The molecule has 0 bridgehead atoms. The van der Waals surface area contributed by atoms with Gasteiger partial charge in [0.15, 0.2) is 0 Å². The van der Waals surface area contributed by atoms with Gasteiger partial charge in [-0.25, -0.2) is 8.42 Å². The van der Waals surface area contributed by atoms with Crippen molar-refractivity contribution in [2.45, 2.75) is 32.4 Å². The van der Waals surface area contributed by atoms with Crippen molar-refractivity contribution >= 4 is 33.2 Å². The van der Waals surface area contributed by atoms with Gasteiger partial charge in [-0.1, -0.05) is 60.1 Å². The van der Waals surface area contributed by atoms with Gasteiger partial charge in [0, 0.05) is 16.1 Å². The SMILES string of the molecule is CC(C)(Cc1ccccc1)NC(=O)c1ccc(N(Cc2ccccc2Cl)S(C)(=O)=O)cc1. The van der Waals surface area contributed by atoms with Gasteiger partial charge >= 0.3 is 0 Å². The average molecular weight is 471 g/mol. The summed E-state index contributed by atoms with van der Waals surface area (Å²) < 4.78 is 26.1. The van der Waals surface area contributed by atoms with Gasteiger partial charge in [0.1, 0.15) is 0 Å². The van der Waals surface area contributed by atoms with E-state index >= 15 is 0 Å². The fourth-order valence-corrected chi connectivity index (χ4v) is 4.56. The van der Waals surface area contributed by atoms with Crippen molar-refractivity contribution < 1.29 is 13.2 Å². The Morgan fingerprint density at radius 2 is 1.53 bits per heavy atom. The third kappa shape index (κ3) is 6.34. The molecule has 0 saturated carbocycles. The van der Waals surface area contributed by atoms with Gasteiger partial charge in [-0.15, -0.1) is 0 Å². The van der Waals surface area contributed by atoms with Crippen LogP contribution in [0.25, 0.3) is 0 Å². The molecule has 0 radical (unpaired) electrons. The molecular formula is C25H27ClN2O3S. The number of hydrogen-bond acceptors (Lipinski definition) is 3. The van der Waals surface area contributed by atoms with Crippen LogP contribution in [0.15, 0.2) is 78.9 Å². The molecule has 5 nitrogen and oxygen atoms in total. The maximum atomic E-state index is 12.8. The number of nitrogens with zero attached hydrogens (tertiary/aromatic N) is 1. The second kappa shape index (κ2) is 9.76. The molecule has 0 aliphatic rings. The molecule has 1 N–H and O–H groups in total. The number of amides is 1. The van der Waals surface area contributed by atoms with E-state index in [1.165, 1.54) is 4.31 Å². The van der Waals surface area contributed by atoms with E-state index in [1.54, 1.807) is 42.5 Å². The molecule has 3 aromatic carbocycles. The molecular weight excluding hydrogens is 444 g/mol. The van der Waals surface area contributed by atoms with Crippen LogP contribution in [0.5, 0.6) is 0 Å². The van der Waals surface area contributed by atoms with Crippen molar-refractivity contribution in [1.29, 1.82) is 0 Å². The number of anilines is 1. The van der Waals surface area contributed by atoms with Crippen LogP contribution in [-0.4, -0.2) is 26.1 Å². The Hall–Kier alpha value is -2.83. The first-order chi connectivity index (χ1) is 15.0. The molecule has 0 spiro atoms. The zero-order valence-electron chi connectivity index (χ0n) is 18.4. The third-order valence-corrected chi connectivity index (χ3v) is 6.54. The summed E-state index contributed by atoms with van der Waals surface area (Å²) in [5.74, 6) is -0.213. The molecule has 3 rings (SSSR count). The van der Waals surface area contributed by atoms with E-state index in [0.29, 0.717) is 28.3 Å². The first kappa shape index (κ1) is 23.8. The maximum absolute atomic E-state index is 12.8. The van der Waals surface area contributed by atoms with Crippen molar-refractivity contribution in [1.82, 2.24) is 5.32 Å². The van der Waals surface area contributed by atoms with E-state index in [0.717, 1.165) is 11.8 Å². The standard InChI is InChI=1S/C25H27ClN2O3S/c1-25(2,17-19-9-5-4-6-10-19)27-24(29)20-13-15-22(16-14-20)28(32(3,30)31)18-21-11-7-8-12-23(21)26/h4-16H,17-18H2,1-3H3,(H,27,29). The first-order valence-electron chi connectivity index (χ1n) is 10.2. The van der Waals surface area contributed by atoms with Gasteiger partial charge in [-0.2, -0.15) is 0 Å². The highest BCUT2D eigenvalue weighted by Gasteiger charge is 2.23. The highest BCUT2D eigenvalue weighted by Crippen LogP contribution is 2.25. The van der Waals surface area contributed by atoms with Crippen LogP contribution in [0.3, 0.4) is 0 Å². The van der Waals surface area contributed by atoms with Gasteiger partial charge in [-0.05, 0) is 61.7 Å². The summed E-state index contributed by atoms with van der Waals surface area (Å²) in [4.78, 5) is 12.8. The van der Waals surface area contributed by atoms with Gasteiger partial charge in [-0.3, -0.25) is 9.10 Å². The number of carbonyl (C=O) groups is 1. The van der Waals surface area contributed by atoms with Gasteiger partial charge < -0.3 is 5.32 Å². The van der Waals surface area contributed by atoms with Crippen LogP contribution in [-0.2, 0) is 23.0 Å². The summed E-state index contributed by atoms with van der Waals surface area (Å²) in [5.41, 5.74) is 2.31. The molecule has 0 aliphatic carbocycles. The lowest BCUT2D eigenvalue weighted by molar-refractivity contribution is 0.0913. The minimum Gasteiger partial charge on any atom is -0.347 e. The second-order valence-corrected chi connectivity index (χ2v) is 10.7. The normalized spacial score (nSPS) is 11.8. The van der Waals surface area contributed by atoms with Crippen molar-refractivity contribution in [2.75, 3.05) is 10.6 Å². The highest BCUT2D eigenvalue weighted by molar-refractivity contribution is 7.92. The number of benzene rings is 3. The third-order valence-electron chi connectivity index (χ3n) is 5.03. The molecule has 168 valence electrons. The topological polar surface area (TPSA) is 66.5 Å². The van der Waals surface area contributed by atoms with Crippen LogP contribution >= 0.6 is 11.6 Å². The van der Waals surface area contributed by atoms with Gasteiger partial charge in [0.2, 0.25) is 10.0 Å². The van der Waals surface area contributed by atoms with E-state index < -0.39 is 15.6 Å². The second-order valence-electron chi connectivity index (χ2n) is 8.41. The Bertz CT molecular complexity index is 1180. The number of rotatable bonds is 8. The number of nitrogens with one attached hydrogen (secondary N) is 1. The van der Waals surface area contributed by atoms with Crippen LogP contribution in [0.4, 0.5) is 5.69 Å². The van der Waals surface area contributed by atoms with E-state index in [1.807, 2.05) is 50.2 Å². The van der Waals surface area contributed by atoms with Crippen LogP contribution in [0, 0.1) is 0 Å². The Balaban J connectivity index is 1.76. The molecule has 0 saturated heterocycles. The lowest BCUT2D eigenvalue weighted by Gasteiger charge is -2.27. The minimum atomic E-state index is -3.56. The summed E-state index contributed by atoms with van der Waals surface area (Å²) >= 11 is 6.22. The minimum absolute atomic E-state index is 0.105. The summed E-state index contributed by atoms with van der Waals surface area (Å²) in [5, 5.41) is 3.56. The molecule has 7 heteroatoms. The zero-order chi connectivity index (χ0) is 23.4. The van der Waals surface area contributed by atoms with Crippen LogP contribution in [0.2, 0.25) is 5.02 Å². The fraction of sp³-hybridized carbons (Fsp3) is 0.240. The lowest BCUT2D eigenvalue weighted by Crippen LogP contribution is -2.45. The molecule has 0 aliphatic heterocycles. The lowest BCUT2D eigenvalue weighted by atomic mass is 9.94. The van der Waals surface area contributed by atoms with Crippen molar-refractivity contribution in [3.63, 3.8) is 0 Å². The number of carbonyl (C=O) groups excluding carboxylic acids is 1. The quantitative estimate of drug-likeness (QED) is 0.500. The van der Waals surface area contributed by atoms with Crippen LogP contribution < -0.4 is 9.62 Å². The summed E-state index contributed by atoms with van der Waals surface area (Å²) in [7, 11) is -3.56. The van der Waals surface area contributed by atoms with E-state index in [-0.39, 0.29) is 12.5 Å². The molecule has 0 atom stereocenters. The number of sulfonamides is 1. The van der Waals surface area contributed by atoms with E-state index in [2.05, 4.69) is 5.32 Å². The van der Waals surface area contributed by atoms with Gasteiger partial charge in [0.25, 0.3) is 5.91 Å². The molecule has 0 unspecified atom stereocenters. The predicted octanol–water partition coefficient (Wildman–Crippen LogP) is 5.06. The van der Waals surface area contributed by atoms with Crippen molar-refractivity contribution in [3.05, 3.63) is 101 Å². The Morgan fingerprint density at radius 1 is 0.938 bits per heavy atom.